The first-order chi connectivity index (χ1) is 17.9. The third-order valence-electron chi connectivity index (χ3n) is 5.98. The number of carboxylic acids is 1. The summed E-state index contributed by atoms with van der Waals surface area (Å²) in [5.41, 5.74) is 2.34. The molecule has 38 heavy (non-hydrogen) atoms. The number of rotatable bonds is 9. The van der Waals surface area contributed by atoms with E-state index in [9.17, 15) is 24.6 Å². The zero-order valence-electron chi connectivity index (χ0n) is 21.6. The Hall–Kier alpha value is -4.30. The number of carbonyl (C=O) groups is 3. The first kappa shape index (κ1) is 28.3. The maximum atomic E-state index is 12.8. The van der Waals surface area contributed by atoms with Gasteiger partial charge < -0.3 is 26.2 Å². The van der Waals surface area contributed by atoms with Crippen LogP contribution in [0.5, 0.6) is 0 Å². The first-order valence-corrected chi connectivity index (χ1v) is 12.2. The molecule has 0 radical (unpaired) electrons. The van der Waals surface area contributed by atoms with E-state index < -0.39 is 23.9 Å². The van der Waals surface area contributed by atoms with E-state index in [2.05, 4.69) is 30.8 Å². The molecule has 0 fully saturated rings. The molecule has 0 aliphatic carbocycles. The largest absolute Gasteiger partial charge is 0.481 e. The van der Waals surface area contributed by atoms with E-state index in [4.69, 9.17) is 6.57 Å². The number of aliphatic hydroxyl groups is 1. The third-order valence-corrected chi connectivity index (χ3v) is 5.98. The van der Waals surface area contributed by atoms with Gasteiger partial charge in [0.25, 0.3) is 5.91 Å². The van der Waals surface area contributed by atoms with Crippen molar-refractivity contribution in [2.75, 3.05) is 25.0 Å². The number of carboxylic acid groups (broad SMARTS) is 1. The Morgan fingerprint density at radius 2 is 1.95 bits per heavy atom. The zero-order valence-corrected chi connectivity index (χ0v) is 21.6. The molecule has 2 atom stereocenters. The van der Waals surface area contributed by atoms with Crippen LogP contribution in [0.3, 0.4) is 0 Å². The predicted molar refractivity (Wildman–Crippen MR) is 143 cm³/mol. The molecule has 200 valence electrons. The molecule has 0 saturated heterocycles. The van der Waals surface area contributed by atoms with Crippen LogP contribution in [-0.2, 0) is 15.0 Å². The van der Waals surface area contributed by atoms with Crippen LogP contribution in [0, 0.1) is 6.57 Å². The number of hydrogen-bond donors (Lipinski definition) is 5. The smallest absolute Gasteiger partial charge is 0.303 e. The van der Waals surface area contributed by atoms with Gasteiger partial charge in [-0.25, -0.2) is 4.85 Å². The molecule has 11 heteroatoms. The normalized spacial score (nSPS) is 15.9. The van der Waals surface area contributed by atoms with Crippen molar-refractivity contribution in [3.8, 4) is 0 Å². The van der Waals surface area contributed by atoms with Gasteiger partial charge in [0.1, 0.15) is 0 Å². The average molecular weight is 521 g/mol. The molecule has 1 aliphatic rings. The van der Waals surface area contributed by atoms with Gasteiger partial charge in [-0.15, -0.1) is 0 Å². The summed E-state index contributed by atoms with van der Waals surface area (Å²) in [6.07, 6.45) is 1.94. The van der Waals surface area contributed by atoms with Crippen LogP contribution in [0.25, 0.3) is 4.85 Å². The Morgan fingerprint density at radius 1 is 1.18 bits per heavy atom. The van der Waals surface area contributed by atoms with E-state index in [-0.39, 0.29) is 42.7 Å². The lowest BCUT2D eigenvalue weighted by molar-refractivity contribution is -0.137. The quantitative estimate of drug-likeness (QED) is 0.316. The van der Waals surface area contributed by atoms with Gasteiger partial charge in [0.15, 0.2) is 17.4 Å². The number of nitrogens with zero attached hydrogens (tertiary/aromatic N) is 3. The molecule has 11 nitrogen and oxygen atoms in total. The lowest BCUT2D eigenvalue weighted by Gasteiger charge is -2.23. The van der Waals surface area contributed by atoms with Crippen molar-refractivity contribution in [2.45, 2.75) is 51.0 Å². The van der Waals surface area contributed by atoms with E-state index in [0.717, 1.165) is 5.56 Å². The number of anilines is 1. The number of guanidine groups is 1. The Bertz CT molecular complexity index is 1280. The van der Waals surface area contributed by atoms with Gasteiger partial charge in [0, 0.05) is 25.1 Å². The highest BCUT2D eigenvalue weighted by atomic mass is 16.4. The van der Waals surface area contributed by atoms with Gasteiger partial charge in [-0.1, -0.05) is 50.1 Å². The summed E-state index contributed by atoms with van der Waals surface area (Å²) in [5.74, 6) is -2.10. The fraction of sp³-hybridized carbons (Fsp3) is 0.407. The molecule has 1 amide bonds. The predicted octanol–water partition coefficient (Wildman–Crippen LogP) is 2.61. The molecule has 5 N–H and O–H groups in total. The summed E-state index contributed by atoms with van der Waals surface area (Å²) in [7, 11) is 0. The minimum absolute atomic E-state index is 0.102. The van der Waals surface area contributed by atoms with Gasteiger partial charge >= 0.3 is 5.97 Å². The minimum atomic E-state index is -1.06. The van der Waals surface area contributed by atoms with Crippen molar-refractivity contribution < 1.29 is 24.6 Å². The number of aromatic nitrogens is 1. The lowest BCUT2D eigenvalue weighted by atomic mass is 9.82. The SMILES string of the molecule is [C-]#[N+]c1cc([C@H](CC(=O)O)CC(=O)CNC(=O)c2cncc(NC3=NCC(O)CN3)c2)cc(C(C)(C)C)c1. The van der Waals surface area contributed by atoms with Crippen molar-refractivity contribution in [1.29, 1.82) is 0 Å². The van der Waals surface area contributed by atoms with Crippen molar-refractivity contribution in [3.05, 3.63) is 64.8 Å². The van der Waals surface area contributed by atoms with Crippen LogP contribution in [0.1, 0.15) is 61.0 Å². The summed E-state index contributed by atoms with van der Waals surface area (Å²) in [4.78, 5) is 48.7. The van der Waals surface area contributed by atoms with E-state index in [1.165, 1.54) is 12.4 Å². The number of aliphatic carboxylic acids is 1. The van der Waals surface area contributed by atoms with Crippen molar-refractivity contribution >= 4 is 35.0 Å². The summed E-state index contributed by atoms with van der Waals surface area (Å²) in [6, 6.07) is 6.80. The molecule has 0 saturated carbocycles. The molecule has 3 rings (SSSR count). The standard InChI is InChI=1S/C27H32N6O5/c1-27(2,3)19-5-16(6-20(10-19)28-4)17(9-24(36)37)8-22(34)13-30-25(38)18-7-21(12-29-11-18)33-26-31-14-23(35)15-32-26/h5-7,10-12,17,23,35H,8-9,13-15H2,1-3H3,(H,30,38)(H,36,37)(H2,31,32,33)/t17-/m0/s1. The fourth-order valence-electron chi connectivity index (χ4n) is 3.90. The second kappa shape index (κ2) is 12.3. The van der Waals surface area contributed by atoms with E-state index >= 15 is 0 Å². The van der Waals surface area contributed by atoms with Gasteiger partial charge in [-0.3, -0.25) is 24.4 Å². The monoisotopic (exact) mass is 520 g/mol. The Kier molecular flexibility index (Phi) is 9.15. The number of β-amino-alcohol motifs (C(OH)–C–C–N with tert-alkyl or cyclic N) is 1. The van der Waals surface area contributed by atoms with Gasteiger partial charge in [0.05, 0.1) is 49.6 Å². The van der Waals surface area contributed by atoms with Crippen LogP contribution < -0.4 is 16.0 Å². The average Bonchev–Trinajstić information content (AvgIpc) is 2.87. The highest BCUT2D eigenvalue weighted by Crippen LogP contribution is 2.33. The number of benzene rings is 1. The number of carbonyl (C=O) groups excluding carboxylic acids is 2. The van der Waals surface area contributed by atoms with Crippen LogP contribution in [0.2, 0.25) is 0 Å². The van der Waals surface area contributed by atoms with Crippen molar-refractivity contribution in [1.82, 2.24) is 15.6 Å². The molecule has 1 aromatic heterocycles. The second-order valence-corrected chi connectivity index (χ2v) is 10.2. The topological polar surface area (TPSA) is 157 Å². The molecule has 2 aromatic rings. The number of hydrogen-bond acceptors (Lipinski definition) is 8. The molecule has 1 aromatic carbocycles. The maximum absolute atomic E-state index is 12.8. The number of pyridine rings is 1. The Labute approximate surface area is 221 Å². The van der Waals surface area contributed by atoms with Crippen LogP contribution in [-0.4, -0.2) is 64.6 Å². The fourth-order valence-corrected chi connectivity index (χ4v) is 3.90. The van der Waals surface area contributed by atoms with E-state index in [1.54, 1.807) is 18.2 Å². The van der Waals surface area contributed by atoms with E-state index in [1.807, 2.05) is 26.8 Å². The minimum Gasteiger partial charge on any atom is -0.481 e. The van der Waals surface area contributed by atoms with Crippen molar-refractivity contribution in [2.24, 2.45) is 4.99 Å². The highest BCUT2D eigenvalue weighted by Gasteiger charge is 2.23. The zero-order chi connectivity index (χ0) is 27.9. The number of ketones is 1. The summed E-state index contributed by atoms with van der Waals surface area (Å²) in [6.45, 7) is 13.7. The first-order valence-electron chi connectivity index (χ1n) is 12.2. The highest BCUT2D eigenvalue weighted by molar-refractivity contribution is 5.99. The maximum Gasteiger partial charge on any atom is 0.303 e. The molecular weight excluding hydrogens is 488 g/mol. The third kappa shape index (κ3) is 8.11. The summed E-state index contributed by atoms with van der Waals surface area (Å²) >= 11 is 0. The van der Waals surface area contributed by atoms with E-state index in [0.29, 0.717) is 29.4 Å². The molecule has 2 heterocycles. The van der Waals surface area contributed by atoms with Crippen LogP contribution in [0.4, 0.5) is 11.4 Å². The Balaban J connectivity index is 1.66. The lowest BCUT2D eigenvalue weighted by Crippen LogP contribution is -2.42. The van der Waals surface area contributed by atoms with Crippen molar-refractivity contribution in [3.63, 3.8) is 0 Å². The summed E-state index contributed by atoms with van der Waals surface area (Å²) in [5, 5.41) is 27.5. The molecule has 1 unspecified atom stereocenters. The number of Topliss-reactive ketones (excluding diaryl/α,β-unsaturated/α-hetero) is 1. The number of aliphatic hydroxyl groups excluding tert-OH is 1. The molecular formula is C27H32N6O5. The number of aliphatic imine (C=N–C) groups is 1. The molecule has 1 aliphatic heterocycles. The van der Waals surface area contributed by atoms with Crippen LogP contribution >= 0.6 is 0 Å². The Morgan fingerprint density at radius 3 is 2.58 bits per heavy atom. The summed E-state index contributed by atoms with van der Waals surface area (Å²) < 4.78 is 0. The molecule has 0 bridgehead atoms. The van der Waals surface area contributed by atoms with Crippen LogP contribution in [0.15, 0.2) is 41.7 Å². The van der Waals surface area contributed by atoms with Gasteiger partial charge in [0.2, 0.25) is 0 Å². The second-order valence-electron chi connectivity index (χ2n) is 10.2. The number of amides is 1. The molecule has 0 spiro atoms. The van der Waals surface area contributed by atoms with Gasteiger partial charge in [-0.2, -0.15) is 0 Å². The van der Waals surface area contributed by atoms with Gasteiger partial charge in [-0.05, 0) is 11.5 Å². The number of nitrogens with one attached hydrogen (secondary N) is 3.